The van der Waals surface area contributed by atoms with Gasteiger partial charge in [-0.3, -0.25) is 19.2 Å². The van der Waals surface area contributed by atoms with Crippen LogP contribution in [-0.2, 0) is 14.4 Å². The van der Waals surface area contributed by atoms with E-state index in [-0.39, 0.29) is 62.4 Å². The van der Waals surface area contributed by atoms with E-state index in [1.54, 1.807) is 62.7 Å². The van der Waals surface area contributed by atoms with Crippen LogP contribution in [0.25, 0.3) is 0 Å². The highest BCUT2D eigenvalue weighted by Gasteiger charge is 2.28. The highest BCUT2D eigenvalue weighted by molar-refractivity contribution is 5.99. The lowest BCUT2D eigenvalue weighted by atomic mass is 10.0. The van der Waals surface area contributed by atoms with Gasteiger partial charge in [-0.1, -0.05) is 26.0 Å². The number of carbonyl (C=O) groups is 4. The predicted molar refractivity (Wildman–Crippen MR) is 153 cm³/mol. The van der Waals surface area contributed by atoms with Crippen LogP contribution in [0.4, 0.5) is 0 Å². The third-order valence-corrected chi connectivity index (χ3v) is 6.54. The van der Waals surface area contributed by atoms with Gasteiger partial charge in [-0.25, -0.2) is 0 Å². The zero-order valence-corrected chi connectivity index (χ0v) is 24.1. The van der Waals surface area contributed by atoms with Crippen LogP contribution in [0.3, 0.4) is 0 Å². The summed E-state index contributed by atoms with van der Waals surface area (Å²) in [4.78, 5) is 53.9. The van der Waals surface area contributed by atoms with E-state index < -0.39 is 23.9 Å². The Balaban J connectivity index is 1.72. The molecule has 1 aliphatic rings. The zero-order chi connectivity index (χ0) is 29.8. The Bertz CT molecular complexity index is 1190. The van der Waals surface area contributed by atoms with Gasteiger partial charge in [0, 0.05) is 13.5 Å². The molecular weight excluding hydrogens is 528 g/mol. The maximum Gasteiger partial charge on any atom is 0.255 e. The molecule has 11 heteroatoms. The molecule has 0 fully saturated rings. The number of nitrogens with zero attached hydrogens (tertiary/aromatic N) is 1. The van der Waals surface area contributed by atoms with Gasteiger partial charge < -0.3 is 35.1 Å². The maximum absolute atomic E-state index is 13.2. The number of fused-ring (bicyclic) bond motifs is 1. The number of likely N-dealkylation sites (N-methyl/N-ethyl adjacent to an activating group) is 1. The van der Waals surface area contributed by atoms with Crippen LogP contribution >= 0.6 is 0 Å². The first-order valence-electron chi connectivity index (χ1n) is 13.8. The summed E-state index contributed by atoms with van der Waals surface area (Å²) in [7, 11) is 3.23. The van der Waals surface area contributed by atoms with Crippen molar-refractivity contribution in [3.63, 3.8) is 0 Å². The molecule has 0 saturated heterocycles. The first-order valence-corrected chi connectivity index (χ1v) is 13.8. The molecule has 1 aliphatic heterocycles. The number of ether oxygens (including phenoxy) is 3. The highest BCUT2D eigenvalue weighted by Crippen LogP contribution is 2.19. The molecule has 4 amide bonds. The monoisotopic (exact) mass is 568 g/mol. The molecule has 0 saturated carbocycles. The first kappa shape index (κ1) is 31.3. The standard InChI is InChI=1S/C30H40N4O7/c1-20(2)19-25-30(38)34(3)16-18-41-26-8-6-5-7-23(26)28(36)33-24(13-14-27(35)32-25)29(37)31-15-17-40-22-11-9-21(39-4)10-12-22/h5-12,20,24-25H,13-19H2,1-4H3,(H,31,37)(H,32,35)(H,33,36)/t24-,25-/m0/s1. The van der Waals surface area contributed by atoms with Gasteiger partial charge in [0.1, 0.15) is 42.5 Å². The van der Waals surface area contributed by atoms with Crippen LogP contribution in [0.2, 0.25) is 0 Å². The van der Waals surface area contributed by atoms with Gasteiger partial charge in [0.05, 0.1) is 25.8 Å². The largest absolute Gasteiger partial charge is 0.497 e. The molecule has 41 heavy (non-hydrogen) atoms. The smallest absolute Gasteiger partial charge is 0.255 e. The minimum Gasteiger partial charge on any atom is -0.497 e. The highest BCUT2D eigenvalue weighted by atomic mass is 16.5. The van der Waals surface area contributed by atoms with E-state index in [2.05, 4.69) is 16.0 Å². The van der Waals surface area contributed by atoms with Crippen LogP contribution in [0, 0.1) is 5.92 Å². The molecule has 1 heterocycles. The number of hydrogen-bond acceptors (Lipinski definition) is 7. The predicted octanol–water partition coefficient (Wildman–Crippen LogP) is 2.15. The molecule has 0 radical (unpaired) electrons. The second-order valence-electron chi connectivity index (χ2n) is 10.2. The fraction of sp³-hybridized carbons (Fsp3) is 0.467. The van der Waals surface area contributed by atoms with E-state index in [1.807, 2.05) is 13.8 Å². The summed E-state index contributed by atoms with van der Waals surface area (Å²) in [5, 5.41) is 8.34. The number of para-hydroxylation sites is 1. The number of amides is 4. The average molecular weight is 569 g/mol. The van der Waals surface area contributed by atoms with Crippen molar-refractivity contribution in [2.45, 2.75) is 45.2 Å². The Morgan fingerprint density at radius 1 is 1.07 bits per heavy atom. The van der Waals surface area contributed by atoms with E-state index in [1.165, 1.54) is 4.90 Å². The topological polar surface area (TPSA) is 135 Å². The van der Waals surface area contributed by atoms with Crippen molar-refractivity contribution in [1.29, 1.82) is 0 Å². The van der Waals surface area contributed by atoms with Crippen LogP contribution in [0.5, 0.6) is 17.2 Å². The van der Waals surface area contributed by atoms with Gasteiger partial charge >= 0.3 is 0 Å². The number of nitrogens with one attached hydrogen (secondary N) is 3. The van der Waals surface area contributed by atoms with E-state index in [9.17, 15) is 19.2 Å². The molecule has 0 spiro atoms. The van der Waals surface area contributed by atoms with Crippen LogP contribution < -0.4 is 30.2 Å². The van der Waals surface area contributed by atoms with Crippen LogP contribution in [0.15, 0.2) is 48.5 Å². The van der Waals surface area contributed by atoms with Gasteiger partial charge in [0.2, 0.25) is 17.7 Å². The first-order chi connectivity index (χ1) is 19.7. The van der Waals surface area contributed by atoms with Crippen molar-refractivity contribution in [2.75, 3.05) is 40.5 Å². The zero-order valence-electron chi connectivity index (χ0n) is 24.1. The Labute approximate surface area is 240 Å². The van der Waals surface area contributed by atoms with Crippen LogP contribution in [-0.4, -0.2) is 81.1 Å². The fourth-order valence-electron chi connectivity index (χ4n) is 4.33. The summed E-state index contributed by atoms with van der Waals surface area (Å²) in [6, 6.07) is 12.0. The normalized spacial score (nSPS) is 18.7. The van der Waals surface area contributed by atoms with Crippen LogP contribution in [0.1, 0.15) is 43.5 Å². The maximum atomic E-state index is 13.2. The van der Waals surface area contributed by atoms with E-state index in [0.717, 1.165) is 0 Å². The molecule has 3 N–H and O–H groups in total. The second kappa shape index (κ2) is 15.5. The van der Waals surface area contributed by atoms with Gasteiger partial charge in [0.25, 0.3) is 5.91 Å². The second-order valence-corrected chi connectivity index (χ2v) is 10.2. The molecule has 0 aliphatic carbocycles. The molecule has 11 nitrogen and oxygen atoms in total. The lowest BCUT2D eigenvalue weighted by Gasteiger charge is -2.26. The number of benzene rings is 2. The van der Waals surface area contributed by atoms with Crippen molar-refractivity contribution < 1.29 is 33.4 Å². The molecule has 222 valence electrons. The van der Waals surface area contributed by atoms with Crippen molar-refractivity contribution in [1.82, 2.24) is 20.9 Å². The summed E-state index contributed by atoms with van der Waals surface area (Å²) in [5.74, 6) is 0.259. The van der Waals surface area contributed by atoms with Gasteiger partial charge in [-0.2, -0.15) is 0 Å². The Morgan fingerprint density at radius 2 is 1.78 bits per heavy atom. The number of hydrogen-bond donors (Lipinski definition) is 3. The summed E-state index contributed by atoms with van der Waals surface area (Å²) >= 11 is 0. The third-order valence-electron chi connectivity index (χ3n) is 6.54. The number of rotatable bonds is 8. The molecule has 2 aromatic rings. The van der Waals surface area contributed by atoms with Crippen molar-refractivity contribution >= 4 is 23.6 Å². The van der Waals surface area contributed by atoms with Crippen molar-refractivity contribution in [3.8, 4) is 17.2 Å². The Morgan fingerprint density at radius 3 is 2.49 bits per heavy atom. The lowest BCUT2D eigenvalue weighted by Crippen LogP contribution is -2.50. The Hall–Kier alpha value is -4.28. The van der Waals surface area contributed by atoms with Gasteiger partial charge in [-0.15, -0.1) is 0 Å². The minimum absolute atomic E-state index is 0.0319. The minimum atomic E-state index is -1.01. The molecule has 3 rings (SSSR count). The molecular formula is C30H40N4O7. The van der Waals surface area contributed by atoms with Crippen molar-refractivity contribution in [3.05, 3.63) is 54.1 Å². The van der Waals surface area contributed by atoms with Gasteiger partial charge in [0.15, 0.2) is 0 Å². The van der Waals surface area contributed by atoms with Crippen molar-refractivity contribution in [2.24, 2.45) is 5.92 Å². The summed E-state index contributed by atoms with van der Waals surface area (Å²) in [6.45, 7) is 4.74. The summed E-state index contributed by atoms with van der Waals surface area (Å²) < 4.78 is 16.7. The lowest BCUT2D eigenvalue weighted by molar-refractivity contribution is -0.136. The fourth-order valence-corrected chi connectivity index (χ4v) is 4.33. The Kier molecular flexibility index (Phi) is 11.8. The number of carbonyl (C=O) groups excluding carboxylic acids is 4. The van der Waals surface area contributed by atoms with E-state index >= 15 is 0 Å². The van der Waals surface area contributed by atoms with E-state index in [0.29, 0.717) is 23.7 Å². The molecule has 0 bridgehead atoms. The SMILES string of the molecule is COc1ccc(OCCNC(=O)[C@@H]2CCC(=O)N[C@@H](CC(C)C)C(=O)N(C)CCOc3ccccc3C(=O)N2)cc1. The number of methoxy groups -OCH3 is 1. The van der Waals surface area contributed by atoms with E-state index in [4.69, 9.17) is 14.2 Å². The van der Waals surface area contributed by atoms with Gasteiger partial charge in [-0.05, 0) is 55.2 Å². The third kappa shape index (κ3) is 9.70. The molecule has 0 unspecified atom stereocenters. The molecule has 0 aromatic heterocycles. The quantitative estimate of drug-likeness (QED) is 0.416. The average Bonchev–Trinajstić information content (AvgIpc) is 2.96. The summed E-state index contributed by atoms with van der Waals surface area (Å²) in [5.41, 5.74) is 0.249. The molecule has 2 atom stereocenters. The summed E-state index contributed by atoms with van der Waals surface area (Å²) in [6.07, 6.45) is 0.433. The molecule has 2 aromatic carbocycles.